The number of rotatable bonds is 0. The number of carbonyl (C=O) groups is 2. The van der Waals surface area contributed by atoms with Gasteiger partial charge in [0.15, 0.2) is 0 Å². The number of nitrogens with zero attached hydrogens (tertiary/aromatic N) is 2. The Bertz CT molecular complexity index is 723. The van der Waals surface area contributed by atoms with Gasteiger partial charge in [-0.05, 0) is 68.7 Å². The second kappa shape index (κ2) is 6.82. The molecule has 2 heterocycles. The summed E-state index contributed by atoms with van der Waals surface area (Å²) in [5.74, 6) is 0.186. The van der Waals surface area contributed by atoms with Crippen molar-refractivity contribution in [2.75, 3.05) is 24.5 Å². The Morgan fingerprint density at radius 2 is 1.88 bits per heavy atom. The largest absolute Gasteiger partial charge is 0.465 e. The van der Waals surface area contributed by atoms with Gasteiger partial charge >= 0.3 is 12.2 Å². The van der Waals surface area contributed by atoms with Crippen LogP contribution in [-0.4, -0.2) is 47.4 Å². The molecule has 0 saturated heterocycles. The van der Waals surface area contributed by atoms with Gasteiger partial charge in [0.2, 0.25) is 0 Å². The molecule has 2 amide bonds. The molecule has 2 aliphatic heterocycles. The van der Waals surface area contributed by atoms with Gasteiger partial charge in [0.05, 0.1) is 5.69 Å². The quantitative estimate of drug-likeness (QED) is 0.759. The van der Waals surface area contributed by atoms with Crippen LogP contribution in [0.5, 0.6) is 0 Å². The van der Waals surface area contributed by atoms with Crippen LogP contribution in [0, 0.1) is 0 Å². The summed E-state index contributed by atoms with van der Waals surface area (Å²) in [5, 5.41) is 9.48. The SMILES string of the molecule is CC1CN(C(=O)OC(C)(C)C)CCc2cc3c(cc21)CCCN3C(=O)O. The fourth-order valence-electron chi connectivity index (χ4n) is 3.84. The summed E-state index contributed by atoms with van der Waals surface area (Å²) in [4.78, 5) is 27.2. The first-order valence-corrected chi connectivity index (χ1v) is 9.30. The maximum atomic E-state index is 12.5. The van der Waals surface area contributed by atoms with E-state index in [-0.39, 0.29) is 12.0 Å². The van der Waals surface area contributed by atoms with E-state index in [1.54, 1.807) is 4.90 Å². The average Bonchev–Trinajstić information content (AvgIpc) is 2.70. The van der Waals surface area contributed by atoms with Crippen LogP contribution in [0.15, 0.2) is 12.1 Å². The lowest BCUT2D eigenvalue weighted by atomic mass is 9.89. The molecule has 2 aliphatic rings. The van der Waals surface area contributed by atoms with Crippen LogP contribution in [0.1, 0.15) is 56.7 Å². The van der Waals surface area contributed by atoms with Crippen LogP contribution in [0.3, 0.4) is 0 Å². The molecule has 0 aliphatic carbocycles. The molecule has 1 aromatic carbocycles. The predicted molar refractivity (Wildman–Crippen MR) is 100 cm³/mol. The van der Waals surface area contributed by atoms with Gasteiger partial charge in [0.1, 0.15) is 5.60 Å². The van der Waals surface area contributed by atoms with Crippen molar-refractivity contribution < 1.29 is 19.4 Å². The van der Waals surface area contributed by atoms with E-state index < -0.39 is 11.7 Å². The molecule has 142 valence electrons. The van der Waals surface area contributed by atoms with Crippen molar-refractivity contribution in [1.82, 2.24) is 4.90 Å². The first-order chi connectivity index (χ1) is 12.2. The zero-order valence-corrected chi connectivity index (χ0v) is 16.0. The number of fused-ring (bicyclic) bond motifs is 2. The number of ether oxygens (including phenoxy) is 1. The first kappa shape index (κ1) is 18.5. The number of hydrogen-bond donors (Lipinski definition) is 1. The molecule has 26 heavy (non-hydrogen) atoms. The minimum Gasteiger partial charge on any atom is -0.465 e. The molecule has 0 spiro atoms. The van der Waals surface area contributed by atoms with Crippen LogP contribution in [-0.2, 0) is 17.6 Å². The van der Waals surface area contributed by atoms with Crippen molar-refractivity contribution in [3.8, 4) is 0 Å². The summed E-state index contributed by atoms with van der Waals surface area (Å²) in [6.45, 7) is 9.47. The third-order valence-electron chi connectivity index (χ3n) is 5.02. The molecule has 0 fully saturated rings. The highest BCUT2D eigenvalue weighted by Gasteiger charge is 2.30. The second-order valence-electron chi connectivity index (χ2n) is 8.29. The lowest BCUT2D eigenvalue weighted by molar-refractivity contribution is 0.0248. The number of hydrogen-bond acceptors (Lipinski definition) is 3. The minimum atomic E-state index is -0.900. The molecule has 6 heteroatoms. The van der Waals surface area contributed by atoms with E-state index in [2.05, 4.69) is 13.0 Å². The van der Waals surface area contributed by atoms with E-state index in [0.717, 1.165) is 29.7 Å². The van der Waals surface area contributed by atoms with E-state index in [9.17, 15) is 14.7 Å². The maximum absolute atomic E-state index is 12.5. The van der Waals surface area contributed by atoms with Gasteiger partial charge in [0.25, 0.3) is 0 Å². The van der Waals surface area contributed by atoms with Crippen LogP contribution >= 0.6 is 0 Å². The molecular formula is C20H28N2O4. The van der Waals surface area contributed by atoms with Crippen molar-refractivity contribution in [1.29, 1.82) is 0 Å². The van der Waals surface area contributed by atoms with Crippen LogP contribution < -0.4 is 4.90 Å². The van der Waals surface area contributed by atoms with E-state index in [4.69, 9.17) is 4.74 Å². The Kier molecular flexibility index (Phi) is 4.86. The molecule has 3 rings (SSSR count). The maximum Gasteiger partial charge on any atom is 0.411 e. The van der Waals surface area contributed by atoms with Gasteiger partial charge < -0.3 is 14.7 Å². The number of carbonyl (C=O) groups excluding carboxylic acids is 1. The summed E-state index contributed by atoms with van der Waals surface area (Å²) in [6.07, 6.45) is 1.27. The number of carboxylic acid groups (broad SMARTS) is 1. The van der Waals surface area contributed by atoms with Crippen molar-refractivity contribution in [3.05, 3.63) is 28.8 Å². The summed E-state index contributed by atoms with van der Waals surface area (Å²) in [7, 11) is 0. The third kappa shape index (κ3) is 3.79. The van der Waals surface area contributed by atoms with E-state index in [1.165, 1.54) is 10.5 Å². The fraction of sp³-hybridized carbons (Fsp3) is 0.600. The number of anilines is 1. The van der Waals surface area contributed by atoms with Crippen LogP contribution in [0.2, 0.25) is 0 Å². The fourth-order valence-corrected chi connectivity index (χ4v) is 3.84. The van der Waals surface area contributed by atoms with Gasteiger partial charge in [-0.1, -0.05) is 13.0 Å². The Morgan fingerprint density at radius 3 is 2.54 bits per heavy atom. The lowest BCUT2D eigenvalue weighted by Gasteiger charge is -2.29. The van der Waals surface area contributed by atoms with Gasteiger partial charge in [-0.3, -0.25) is 4.90 Å². The smallest absolute Gasteiger partial charge is 0.411 e. The van der Waals surface area contributed by atoms with Gasteiger partial charge in [-0.15, -0.1) is 0 Å². The van der Waals surface area contributed by atoms with Gasteiger partial charge in [-0.2, -0.15) is 0 Å². The Balaban J connectivity index is 1.87. The summed E-state index contributed by atoms with van der Waals surface area (Å²) < 4.78 is 5.53. The standard InChI is InChI=1S/C20H28N2O4/c1-13-12-21(19(25)26-20(2,3)4)9-7-14-11-17-15(10-16(13)14)6-5-8-22(17)18(23)24/h10-11,13H,5-9,12H2,1-4H3,(H,23,24). The molecule has 0 saturated carbocycles. The average molecular weight is 360 g/mol. The molecular weight excluding hydrogens is 332 g/mol. The van der Waals surface area contributed by atoms with E-state index in [1.807, 2.05) is 26.8 Å². The Labute approximate surface area is 154 Å². The van der Waals surface area contributed by atoms with Crippen LogP contribution in [0.25, 0.3) is 0 Å². The highest BCUT2D eigenvalue weighted by molar-refractivity contribution is 5.88. The van der Waals surface area contributed by atoms with Crippen molar-refractivity contribution in [2.45, 2.75) is 58.5 Å². The second-order valence-corrected chi connectivity index (χ2v) is 8.29. The predicted octanol–water partition coefficient (Wildman–Crippen LogP) is 4.01. The molecule has 1 unspecified atom stereocenters. The molecule has 1 atom stereocenters. The van der Waals surface area contributed by atoms with Gasteiger partial charge in [0, 0.05) is 19.6 Å². The molecule has 1 aromatic rings. The topological polar surface area (TPSA) is 70.1 Å². The summed E-state index contributed by atoms with van der Waals surface area (Å²) in [5.41, 5.74) is 3.74. The van der Waals surface area contributed by atoms with E-state index >= 15 is 0 Å². The molecule has 0 aromatic heterocycles. The lowest BCUT2D eigenvalue weighted by Crippen LogP contribution is -2.38. The monoisotopic (exact) mass is 360 g/mol. The minimum absolute atomic E-state index is 0.186. The third-order valence-corrected chi connectivity index (χ3v) is 5.02. The summed E-state index contributed by atoms with van der Waals surface area (Å²) >= 11 is 0. The zero-order valence-electron chi connectivity index (χ0n) is 16.0. The zero-order chi connectivity index (χ0) is 19.1. The Hall–Kier alpha value is -2.24. The summed E-state index contributed by atoms with van der Waals surface area (Å²) in [6, 6.07) is 4.18. The highest BCUT2D eigenvalue weighted by atomic mass is 16.6. The van der Waals surface area contributed by atoms with Crippen molar-refractivity contribution in [2.24, 2.45) is 0 Å². The van der Waals surface area contributed by atoms with Crippen LogP contribution in [0.4, 0.5) is 15.3 Å². The first-order valence-electron chi connectivity index (χ1n) is 9.30. The number of amides is 2. The highest BCUT2D eigenvalue weighted by Crippen LogP contribution is 2.35. The van der Waals surface area contributed by atoms with E-state index in [0.29, 0.717) is 26.1 Å². The Morgan fingerprint density at radius 1 is 1.15 bits per heavy atom. The van der Waals surface area contributed by atoms with Crippen molar-refractivity contribution >= 4 is 17.9 Å². The number of benzene rings is 1. The molecule has 0 radical (unpaired) electrons. The van der Waals surface area contributed by atoms with Gasteiger partial charge in [-0.25, -0.2) is 9.59 Å². The normalized spacial score (nSPS) is 20.1. The number of aryl methyl sites for hydroxylation is 1. The molecule has 1 N–H and O–H groups in total. The molecule has 0 bridgehead atoms. The molecule has 6 nitrogen and oxygen atoms in total. The van der Waals surface area contributed by atoms with Crippen molar-refractivity contribution in [3.63, 3.8) is 0 Å².